The van der Waals surface area contributed by atoms with Crippen molar-refractivity contribution in [3.8, 4) is 0 Å². The van der Waals surface area contributed by atoms with Crippen LogP contribution >= 0.6 is 22.9 Å². The van der Waals surface area contributed by atoms with Gasteiger partial charge in [-0.2, -0.15) is 13.2 Å². The summed E-state index contributed by atoms with van der Waals surface area (Å²) in [5.41, 5.74) is -1.43. The number of hydrogen-bond donors (Lipinski definition) is 2. The Balaban J connectivity index is 1.81. The fourth-order valence-corrected chi connectivity index (χ4v) is 4.90. The smallest absolute Gasteiger partial charge is 0.370 e. The van der Waals surface area contributed by atoms with Crippen molar-refractivity contribution in [1.29, 1.82) is 0 Å². The molecule has 3 amide bonds. The lowest BCUT2D eigenvalue weighted by atomic mass is 10.1. The Morgan fingerprint density at radius 3 is 2.57 bits per heavy atom. The first-order chi connectivity index (χ1) is 17.4. The normalized spacial score (nSPS) is 15.3. The van der Waals surface area contributed by atoms with Crippen LogP contribution < -0.4 is 15.5 Å². The molecule has 0 radical (unpaired) electrons. The minimum atomic E-state index is -4.77. The first-order valence-electron chi connectivity index (χ1n) is 11.5. The van der Waals surface area contributed by atoms with Crippen molar-refractivity contribution in [3.63, 3.8) is 0 Å². The number of thiophene rings is 1. The highest BCUT2D eigenvalue weighted by Crippen LogP contribution is 2.38. The number of hydrogen-bond acceptors (Lipinski definition) is 6. The number of ether oxygens (including phenoxy) is 1. The monoisotopic (exact) mass is 560 g/mol. The maximum absolute atomic E-state index is 13.9. The zero-order valence-electron chi connectivity index (χ0n) is 20.5. The lowest BCUT2D eigenvalue weighted by Crippen LogP contribution is -2.50. The van der Waals surface area contributed by atoms with E-state index in [-0.39, 0.29) is 43.6 Å². The van der Waals surface area contributed by atoms with Crippen LogP contribution in [0.1, 0.15) is 29.1 Å². The van der Waals surface area contributed by atoms with Gasteiger partial charge in [-0.05, 0) is 43.3 Å². The summed E-state index contributed by atoms with van der Waals surface area (Å²) in [7, 11) is 1.70. The Morgan fingerprint density at radius 1 is 1.24 bits per heavy atom. The second-order valence-electron chi connectivity index (χ2n) is 8.98. The molecule has 202 valence electrons. The standard InChI is InChI=1S/C24H28ClF3N4O4S/c1-14(2)12-31(3)18(11-29-23(35)19-6-7-20(25)37-19)22(34)30-15-4-5-17(16(10-15)24(26,27)28)32-8-9-36-13-21(32)33/h4-7,10,14,18H,8-9,11-13H2,1-3H3,(H,29,35)(H,30,34)/t18-/m1/s1. The number of anilines is 2. The number of morpholine rings is 1. The molecular formula is C24H28ClF3N4O4S. The Labute approximate surface area is 221 Å². The number of alkyl halides is 3. The van der Waals surface area contributed by atoms with Crippen LogP contribution in [0.2, 0.25) is 4.34 Å². The van der Waals surface area contributed by atoms with Crippen molar-refractivity contribution in [1.82, 2.24) is 10.2 Å². The summed E-state index contributed by atoms with van der Waals surface area (Å²) in [5, 5.41) is 5.24. The number of likely N-dealkylation sites (N-methyl/N-ethyl adjacent to an activating group) is 1. The average molecular weight is 561 g/mol. The summed E-state index contributed by atoms with van der Waals surface area (Å²) < 4.78 is 47.2. The second-order valence-corrected chi connectivity index (χ2v) is 10.7. The zero-order valence-corrected chi connectivity index (χ0v) is 22.1. The highest BCUT2D eigenvalue weighted by Gasteiger charge is 2.37. The number of carbonyl (C=O) groups is 3. The average Bonchev–Trinajstić information content (AvgIpc) is 3.25. The van der Waals surface area contributed by atoms with E-state index in [1.807, 2.05) is 13.8 Å². The van der Waals surface area contributed by atoms with Crippen LogP contribution in [-0.2, 0) is 20.5 Å². The number of nitrogens with one attached hydrogen (secondary N) is 2. The van der Waals surface area contributed by atoms with Gasteiger partial charge in [0.2, 0.25) is 5.91 Å². The van der Waals surface area contributed by atoms with Gasteiger partial charge in [0.05, 0.1) is 27.1 Å². The first kappa shape index (κ1) is 28.9. The molecular weight excluding hydrogens is 533 g/mol. The van der Waals surface area contributed by atoms with Gasteiger partial charge < -0.3 is 20.3 Å². The van der Waals surface area contributed by atoms with Gasteiger partial charge >= 0.3 is 6.18 Å². The van der Waals surface area contributed by atoms with E-state index in [0.717, 1.165) is 28.4 Å². The highest BCUT2D eigenvalue weighted by molar-refractivity contribution is 7.18. The van der Waals surface area contributed by atoms with Crippen LogP contribution in [0, 0.1) is 5.92 Å². The third-order valence-corrected chi connectivity index (χ3v) is 6.82. The van der Waals surface area contributed by atoms with E-state index < -0.39 is 35.5 Å². The molecule has 1 aliphatic heterocycles. The van der Waals surface area contributed by atoms with E-state index in [1.54, 1.807) is 24.1 Å². The molecule has 2 heterocycles. The number of nitrogens with zero attached hydrogens (tertiary/aromatic N) is 2. The third-order valence-electron chi connectivity index (χ3n) is 5.59. The molecule has 1 saturated heterocycles. The molecule has 1 atom stereocenters. The van der Waals surface area contributed by atoms with Crippen LogP contribution in [0.4, 0.5) is 24.5 Å². The third kappa shape index (κ3) is 7.67. The highest BCUT2D eigenvalue weighted by atomic mass is 35.5. The molecule has 2 N–H and O–H groups in total. The van der Waals surface area contributed by atoms with Gasteiger partial charge in [0.15, 0.2) is 0 Å². The van der Waals surface area contributed by atoms with Crippen LogP contribution in [0.5, 0.6) is 0 Å². The molecule has 0 bridgehead atoms. The largest absolute Gasteiger partial charge is 0.418 e. The van der Waals surface area contributed by atoms with Crippen molar-refractivity contribution in [2.45, 2.75) is 26.1 Å². The van der Waals surface area contributed by atoms with Gasteiger partial charge in [-0.1, -0.05) is 25.4 Å². The van der Waals surface area contributed by atoms with Gasteiger partial charge in [-0.25, -0.2) is 0 Å². The summed E-state index contributed by atoms with van der Waals surface area (Å²) in [6.07, 6.45) is -4.77. The Morgan fingerprint density at radius 2 is 1.97 bits per heavy atom. The van der Waals surface area contributed by atoms with E-state index in [0.29, 0.717) is 15.8 Å². The van der Waals surface area contributed by atoms with Crippen molar-refractivity contribution in [3.05, 3.63) is 45.1 Å². The first-order valence-corrected chi connectivity index (χ1v) is 12.7. The second kappa shape index (κ2) is 12.2. The molecule has 37 heavy (non-hydrogen) atoms. The molecule has 0 unspecified atom stereocenters. The van der Waals surface area contributed by atoms with Crippen molar-refractivity contribution in [2.24, 2.45) is 5.92 Å². The number of amides is 3. The van der Waals surface area contributed by atoms with Crippen LogP contribution in [0.3, 0.4) is 0 Å². The summed E-state index contributed by atoms with van der Waals surface area (Å²) >= 11 is 6.98. The number of benzene rings is 1. The number of rotatable bonds is 9. The lowest BCUT2D eigenvalue weighted by Gasteiger charge is -2.30. The van der Waals surface area contributed by atoms with E-state index in [2.05, 4.69) is 10.6 Å². The van der Waals surface area contributed by atoms with E-state index in [4.69, 9.17) is 16.3 Å². The quantitative estimate of drug-likeness (QED) is 0.482. The van der Waals surface area contributed by atoms with Crippen molar-refractivity contribution >= 4 is 52.0 Å². The topological polar surface area (TPSA) is 91.0 Å². The summed E-state index contributed by atoms with van der Waals surface area (Å²) in [6, 6.07) is 5.57. The van der Waals surface area contributed by atoms with Crippen LogP contribution in [0.15, 0.2) is 30.3 Å². The summed E-state index contributed by atoms with van der Waals surface area (Å²) in [6.45, 7) is 4.15. The van der Waals surface area contributed by atoms with Gasteiger partial charge in [0, 0.05) is 25.3 Å². The van der Waals surface area contributed by atoms with Gasteiger partial charge in [-0.15, -0.1) is 11.3 Å². The SMILES string of the molecule is CC(C)CN(C)[C@H](CNC(=O)c1ccc(Cl)s1)C(=O)Nc1ccc(N2CCOCC2=O)c(C(F)(F)F)c1. The molecule has 0 spiro atoms. The number of halogens is 4. The van der Waals surface area contributed by atoms with Gasteiger partial charge in [0.25, 0.3) is 11.8 Å². The Kier molecular flexibility index (Phi) is 9.57. The van der Waals surface area contributed by atoms with Gasteiger partial charge in [0.1, 0.15) is 12.6 Å². The minimum absolute atomic E-state index is 0.00909. The molecule has 1 aromatic carbocycles. The zero-order chi connectivity index (χ0) is 27.3. The van der Waals surface area contributed by atoms with E-state index in [9.17, 15) is 27.6 Å². The Bertz CT molecular complexity index is 1140. The summed E-state index contributed by atoms with van der Waals surface area (Å²) in [5.74, 6) is -1.39. The van der Waals surface area contributed by atoms with E-state index >= 15 is 0 Å². The molecule has 1 fully saturated rings. The van der Waals surface area contributed by atoms with Crippen LogP contribution in [-0.4, -0.2) is 68.6 Å². The van der Waals surface area contributed by atoms with Gasteiger partial charge in [-0.3, -0.25) is 19.3 Å². The number of carbonyl (C=O) groups excluding carboxylic acids is 3. The fraction of sp³-hybridized carbons (Fsp3) is 0.458. The van der Waals surface area contributed by atoms with Crippen molar-refractivity contribution < 1.29 is 32.3 Å². The predicted octanol–water partition coefficient (Wildman–Crippen LogP) is 4.11. The minimum Gasteiger partial charge on any atom is -0.370 e. The molecule has 2 aromatic rings. The molecule has 3 rings (SSSR count). The molecule has 0 aliphatic carbocycles. The lowest BCUT2D eigenvalue weighted by molar-refractivity contribution is -0.137. The molecule has 1 aromatic heterocycles. The Hall–Kier alpha value is -2.67. The predicted molar refractivity (Wildman–Crippen MR) is 136 cm³/mol. The van der Waals surface area contributed by atoms with E-state index in [1.165, 1.54) is 6.07 Å². The fourth-order valence-electron chi connectivity index (χ4n) is 3.94. The molecule has 0 saturated carbocycles. The van der Waals surface area contributed by atoms with Crippen LogP contribution in [0.25, 0.3) is 0 Å². The maximum Gasteiger partial charge on any atom is 0.418 e. The summed E-state index contributed by atoms with van der Waals surface area (Å²) in [4.78, 5) is 41.0. The molecule has 1 aliphatic rings. The molecule has 13 heteroatoms. The maximum atomic E-state index is 13.9. The molecule has 8 nitrogen and oxygen atoms in total. The van der Waals surface area contributed by atoms with Crippen molar-refractivity contribution in [2.75, 3.05) is 50.1 Å².